The molecular weight excluding hydrogens is 444 g/mol. The monoisotopic (exact) mass is 468 g/mol. The fourth-order valence-electron chi connectivity index (χ4n) is 3.81. The highest BCUT2D eigenvalue weighted by atomic mass is 16.5. The summed E-state index contributed by atoms with van der Waals surface area (Å²) in [5, 5.41) is 2.68. The molecule has 0 atom stereocenters. The van der Waals surface area contributed by atoms with Crippen LogP contribution in [-0.4, -0.2) is 59.5 Å². The lowest BCUT2D eigenvalue weighted by Crippen LogP contribution is -2.39. The quantitative estimate of drug-likeness (QED) is 0.544. The summed E-state index contributed by atoms with van der Waals surface area (Å²) < 4.78 is 16.3. The molecule has 0 bridgehead atoms. The molecular formula is C23H24N4O7. The van der Waals surface area contributed by atoms with Gasteiger partial charge in [-0.3, -0.25) is 14.2 Å². The molecule has 2 aromatic heterocycles. The van der Waals surface area contributed by atoms with Crippen LogP contribution in [0.1, 0.15) is 40.2 Å². The first kappa shape index (κ1) is 23.0. The first-order chi connectivity index (χ1) is 16.4. The smallest absolute Gasteiger partial charge is 0.420 e. The maximum atomic E-state index is 12.8. The number of amides is 2. The van der Waals surface area contributed by atoms with Gasteiger partial charge < -0.3 is 24.1 Å². The predicted molar refractivity (Wildman–Crippen MR) is 121 cm³/mol. The minimum atomic E-state index is -0.713. The van der Waals surface area contributed by atoms with Crippen LogP contribution in [0.2, 0.25) is 0 Å². The molecule has 4 rings (SSSR count). The van der Waals surface area contributed by atoms with Gasteiger partial charge >= 0.3 is 11.7 Å². The summed E-state index contributed by atoms with van der Waals surface area (Å²) in [6, 6.07) is 7.38. The van der Waals surface area contributed by atoms with Crippen LogP contribution < -0.4 is 15.8 Å². The van der Waals surface area contributed by atoms with Crippen molar-refractivity contribution in [2.45, 2.75) is 25.8 Å². The minimum Gasteiger partial charge on any atom is -0.497 e. The average molecular weight is 468 g/mol. The van der Waals surface area contributed by atoms with E-state index in [-0.39, 0.29) is 29.6 Å². The number of hydrogen-bond donors (Lipinski definition) is 1. The van der Waals surface area contributed by atoms with Crippen molar-refractivity contribution in [3.8, 4) is 5.75 Å². The molecule has 1 aliphatic rings. The first-order valence-electron chi connectivity index (χ1n) is 10.8. The van der Waals surface area contributed by atoms with Crippen molar-refractivity contribution in [1.29, 1.82) is 0 Å². The second kappa shape index (κ2) is 9.77. The minimum absolute atomic E-state index is 0.0651. The topological polar surface area (TPSA) is 133 Å². The summed E-state index contributed by atoms with van der Waals surface area (Å²) in [5.74, 6) is -1.87. The van der Waals surface area contributed by atoms with Crippen molar-refractivity contribution >= 4 is 34.6 Å². The molecule has 178 valence electrons. The third-order valence-corrected chi connectivity index (χ3v) is 5.59. The van der Waals surface area contributed by atoms with Crippen LogP contribution in [0.3, 0.4) is 0 Å². The van der Waals surface area contributed by atoms with E-state index in [9.17, 15) is 19.2 Å². The second-order valence-corrected chi connectivity index (χ2v) is 7.80. The lowest BCUT2D eigenvalue weighted by molar-refractivity contribution is -0.132. The standard InChI is InChI=1S/C23H24N4O7/c1-32-15-11-16(25-17(12-15)22(30)33-2)21(29)24-14-6-7-19-18(10-14)27(23(31)34-19)13-20(28)26-8-4-3-5-9-26/h6-7,10-12H,3-5,8-9,13H2,1-2H3,(H,24,29). The van der Waals surface area contributed by atoms with E-state index in [1.807, 2.05) is 0 Å². The Morgan fingerprint density at radius 2 is 1.79 bits per heavy atom. The number of ether oxygens (including phenoxy) is 2. The van der Waals surface area contributed by atoms with Gasteiger partial charge in [0, 0.05) is 30.9 Å². The zero-order valence-electron chi connectivity index (χ0n) is 18.8. The lowest BCUT2D eigenvalue weighted by atomic mass is 10.1. The number of nitrogens with zero attached hydrogens (tertiary/aromatic N) is 3. The van der Waals surface area contributed by atoms with Crippen molar-refractivity contribution in [1.82, 2.24) is 14.5 Å². The number of fused-ring (bicyclic) bond motifs is 1. The van der Waals surface area contributed by atoms with Gasteiger partial charge in [-0.05, 0) is 37.5 Å². The average Bonchev–Trinajstić information content (AvgIpc) is 3.17. The highest BCUT2D eigenvalue weighted by molar-refractivity contribution is 6.04. The Labute approximate surface area is 194 Å². The summed E-state index contributed by atoms with van der Waals surface area (Å²) in [6.45, 7) is 1.20. The molecule has 0 aliphatic carbocycles. The maximum absolute atomic E-state index is 12.8. The summed E-state index contributed by atoms with van der Waals surface area (Å²) in [7, 11) is 2.61. The van der Waals surface area contributed by atoms with Gasteiger partial charge in [-0.15, -0.1) is 0 Å². The van der Waals surface area contributed by atoms with Gasteiger partial charge in [-0.1, -0.05) is 0 Å². The zero-order valence-corrected chi connectivity index (χ0v) is 18.8. The number of likely N-dealkylation sites (tertiary alicyclic amines) is 1. The van der Waals surface area contributed by atoms with Crippen LogP contribution in [0.4, 0.5) is 5.69 Å². The molecule has 2 amide bonds. The molecule has 3 heterocycles. The van der Waals surface area contributed by atoms with E-state index in [0.717, 1.165) is 19.3 Å². The summed E-state index contributed by atoms with van der Waals surface area (Å²) in [4.78, 5) is 55.5. The number of piperidine rings is 1. The number of nitrogens with one attached hydrogen (secondary N) is 1. The summed E-state index contributed by atoms with van der Waals surface area (Å²) in [5.41, 5.74) is 0.873. The number of esters is 1. The number of carbonyl (C=O) groups excluding carboxylic acids is 3. The number of methoxy groups -OCH3 is 2. The predicted octanol–water partition coefficient (Wildman–Crippen LogP) is 2.05. The van der Waals surface area contributed by atoms with E-state index in [4.69, 9.17) is 9.15 Å². The Kier molecular flexibility index (Phi) is 6.62. The lowest BCUT2D eigenvalue weighted by Gasteiger charge is -2.26. The van der Waals surface area contributed by atoms with E-state index in [1.54, 1.807) is 17.0 Å². The second-order valence-electron chi connectivity index (χ2n) is 7.80. The zero-order chi connectivity index (χ0) is 24.2. The van der Waals surface area contributed by atoms with Crippen LogP contribution >= 0.6 is 0 Å². The number of anilines is 1. The third-order valence-electron chi connectivity index (χ3n) is 5.59. The van der Waals surface area contributed by atoms with E-state index >= 15 is 0 Å². The van der Waals surface area contributed by atoms with Crippen molar-refractivity contribution in [2.75, 3.05) is 32.6 Å². The van der Waals surface area contributed by atoms with Gasteiger partial charge in [0.15, 0.2) is 11.3 Å². The Morgan fingerprint density at radius 3 is 2.50 bits per heavy atom. The molecule has 1 aliphatic heterocycles. The molecule has 1 N–H and O–H groups in total. The Bertz CT molecular complexity index is 1300. The number of oxazole rings is 1. The van der Waals surface area contributed by atoms with Crippen molar-refractivity contribution < 1.29 is 28.3 Å². The molecule has 1 aromatic carbocycles. The number of pyridine rings is 1. The molecule has 34 heavy (non-hydrogen) atoms. The normalized spacial score (nSPS) is 13.5. The van der Waals surface area contributed by atoms with Gasteiger partial charge in [0.1, 0.15) is 18.0 Å². The van der Waals surface area contributed by atoms with Crippen molar-refractivity contribution in [3.63, 3.8) is 0 Å². The molecule has 3 aromatic rings. The molecule has 0 spiro atoms. The van der Waals surface area contributed by atoms with Crippen LogP contribution in [0, 0.1) is 0 Å². The van der Waals surface area contributed by atoms with Crippen LogP contribution in [0.5, 0.6) is 5.75 Å². The van der Waals surface area contributed by atoms with Crippen LogP contribution in [0.15, 0.2) is 39.5 Å². The summed E-state index contributed by atoms with van der Waals surface area (Å²) in [6.07, 6.45) is 2.97. The van der Waals surface area contributed by atoms with Crippen LogP contribution in [-0.2, 0) is 16.1 Å². The number of carbonyl (C=O) groups is 3. The maximum Gasteiger partial charge on any atom is 0.420 e. The van der Waals surface area contributed by atoms with E-state index < -0.39 is 17.6 Å². The first-order valence-corrected chi connectivity index (χ1v) is 10.8. The largest absolute Gasteiger partial charge is 0.497 e. The van der Waals surface area contributed by atoms with Crippen molar-refractivity contribution in [2.24, 2.45) is 0 Å². The van der Waals surface area contributed by atoms with Gasteiger partial charge in [0.25, 0.3) is 5.91 Å². The molecule has 0 saturated carbocycles. The Morgan fingerprint density at radius 1 is 1.06 bits per heavy atom. The summed E-state index contributed by atoms with van der Waals surface area (Å²) >= 11 is 0. The molecule has 0 unspecified atom stereocenters. The van der Waals surface area contributed by atoms with E-state index in [1.165, 1.54) is 37.0 Å². The highest BCUT2D eigenvalue weighted by Crippen LogP contribution is 2.21. The van der Waals surface area contributed by atoms with Gasteiger partial charge in [0.2, 0.25) is 5.91 Å². The van der Waals surface area contributed by atoms with Crippen molar-refractivity contribution in [3.05, 3.63) is 52.3 Å². The number of benzene rings is 1. The fraction of sp³-hybridized carbons (Fsp3) is 0.348. The number of rotatable bonds is 6. The molecule has 1 fully saturated rings. The van der Waals surface area contributed by atoms with Gasteiger partial charge in [0.05, 0.1) is 19.7 Å². The number of aromatic nitrogens is 2. The Balaban J connectivity index is 1.59. The molecule has 1 saturated heterocycles. The van der Waals surface area contributed by atoms with Crippen LogP contribution in [0.25, 0.3) is 11.1 Å². The van der Waals surface area contributed by atoms with E-state index in [2.05, 4.69) is 15.0 Å². The molecule has 11 heteroatoms. The molecule has 11 nitrogen and oxygen atoms in total. The van der Waals surface area contributed by atoms with E-state index in [0.29, 0.717) is 29.9 Å². The fourth-order valence-corrected chi connectivity index (χ4v) is 3.81. The number of hydrogen-bond acceptors (Lipinski definition) is 8. The highest BCUT2D eigenvalue weighted by Gasteiger charge is 2.21. The SMILES string of the molecule is COC(=O)c1cc(OC)cc(C(=O)Nc2ccc3oc(=O)n(CC(=O)N4CCCCC4)c3c2)n1. The molecule has 0 radical (unpaired) electrons. The Hall–Kier alpha value is -4.15. The van der Waals surface area contributed by atoms with Gasteiger partial charge in [-0.25, -0.2) is 14.6 Å². The van der Waals surface area contributed by atoms with Gasteiger partial charge in [-0.2, -0.15) is 0 Å². The third kappa shape index (κ3) is 4.77.